The molecule has 3 heteroatoms. The number of piperidine rings is 1. The Labute approximate surface area is 100.0 Å². The Bertz CT molecular complexity index is 207. The second-order valence-electron chi connectivity index (χ2n) is 5.61. The molecule has 2 fully saturated rings. The molecule has 0 bridgehead atoms. The molecular weight excluding hydrogens is 198 g/mol. The summed E-state index contributed by atoms with van der Waals surface area (Å²) in [5.41, 5.74) is 6.19. The Balaban J connectivity index is 1.70. The van der Waals surface area contributed by atoms with Gasteiger partial charge in [-0.1, -0.05) is 6.92 Å². The Morgan fingerprint density at radius 3 is 2.38 bits per heavy atom. The van der Waals surface area contributed by atoms with Crippen molar-refractivity contribution in [1.82, 2.24) is 9.80 Å². The highest BCUT2D eigenvalue weighted by Gasteiger charge is 2.31. The molecule has 0 radical (unpaired) electrons. The van der Waals surface area contributed by atoms with Gasteiger partial charge in [0.15, 0.2) is 0 Å². The minimum atomic E-state index is 0.425. The van der Waals surface area contributed by atoms with Crippen molar-refractivity contribution in [2.75, 3.05) is 33.2 Å². The molecule has 1 unspecified atom stereocenters. The smallest absolute Gasteiger partial charge is 0.0196 e. The maximum Gasteiger partial charge on any atom is 0.0196 e. The quantitative estimate of drug-likeness (QED) is 0.761. The highest BCUT2D eigenvalue weighted by Crippen LogP contribution is 2.32. The van der Waals surface area contributed by atoms with Crippen molar-refractivity contribution >= 4 is 0 Å². The fourth-order valence-electron chi connectivity index (χ4n) is 2.83. The third-order valence-corrected chi connectivity index (χ3v) is 4.35. The maximum atomic E-state index is 6.19. The standard InChI is InChI=1S/C13H27N3/c1-3-16-8-6-12(7-9-16)15(2)10-13(14)11-4-5-11/h11-13H,3-10,14H2,1-2H3. The van der Waals surface area contributed by atoms with Crippen LogP contribution in [0.3, 0.4) is 0 Å². The Hall–Kier alpha value is -0.120. The van der Waals surface area contributed by atoms with E-state index in [0.717, 1.165) is 18.5 Å². The molecule has 0 aromatic rings. The molecule has 16 heavy (non-hydrogen) atoms. The summed E-state index contributed by atoms with van der Waals surface area (Å²) in [4.78, 5) is 5.06. The molecule has 1 saturated carbocycles. The van der Waals surface area contributed by atoms with Crippen molar-refractivity contribution in [3.63, 3.8) is 0 Å². The molecule has 0 spiro atoms. The highest BCUT2D eigenvalue weighted by molar-refractivity contribution is 4.87. The summed E-state index contributed by atoms with van der Waals surface area (Å²) < 4.78 is 0. The number of hydrogen-bond donors (Lipinski definition) is 1. The molecule has 0 aromatic carbocycles. The van der Waals surface area contributed by atoms with Crippen LogP contribution in [0.4, 0.5) is 0 Å². The Morgan fingerprint density at radius 2 is 1.88 bits per heavy atom. The van der Waals surface area contributed by atoms with Crippen LogP contribution >= 0.6 is 0 Å². The molecule has 2 N–H and O–H groups in total. The van der Waals surface area contributed by atoms with E-state index in [9.17, 15) is 0 Å². The number of likely N-dealkylation sites (N-methyl/N-ethyl adjacent to an activating group) is 1. The van der Waals surface area contributed by atoms with Gasteiger partial charge in [0, 0.05) is 18.6 Å². The van der Waals surface area contributed by atoms with Crippen molar-refractivity contribution in [3.8, 4) is 0 Å². The highest BCUT2D eigenvalue weighted by atomic mass is 15.2. The first kappa shape index (κ1) is 12.3. The van der Waals surface area contributed by atoms with Gasteiger partial charge >= 0.3 is 0 Å². The van der Waals surface area contributed by atoms with Crippen LogP contribution in [-0.2, 0) is 0 Å². The van der Waals surface area contributed by atoms with Crippen molar-refractivity contribution in [1.29, 1.82) is 0 Å². The van der Waals surface area contributed by atoms with Gasteiger partial charge in [0.1, 0.15) is 0 Å². The van der Waals surface area contributed by atoms with Crippen molar-refractivity contribution in [3.05, 3.63) is 0 Å². The van der Waals surface area contributed by atoms with Gasteiger partial charge in [-0.15, -0.1) is 0 Å². The predicted molar refractivity (Wildman–Crippen MR) is 68.5 cm³/mol. The third kappa shape index (κ3) is 3.19. The predicted octanol–water partition coefficient (Wildman–Crippen LogP) is 1.14. The molecule has 1 heterocycles. The van der Waals surface area contributed by atoms with Gasteiger partial charge in [-0.3, -0.25) is 0 Å². The summed E-state index contributed by atoms with van der Waals surface area (Å²) in [7, 11) is 2.26. The summed E-state index contributed by atoms with van der Waals surface area (Å²) in [5.74, 6) is 0.832. The molecular formula is C13H27N3. The van der Waals surface area contributed by atoms with Gasteiger partial charge < -0.3 is 15.5 Å². The topological polar surface area (TPSA) is 32.5 Å². The second-order valence-corrected chi connectivity index (χ2v) is 5.61. The number of rotatable bonds is 5. The minimum Gasteiger partial charge on any atom is -0.326 e. The van der Waals surface area contributed by atoms with E-state index in [1.807, 2.05) is 0 Å². The Kier molecular flexibility index (Phi) is 4.22. The fraction of sp³-hybridized carbons (Fsp3) is 1.00. The van der Waals surface area contributed by atoms with E-state index >= 15 is 0 Å². The molecule has 2 aliphatic rings. The van der Waals surface area contributed by atoms with Gasteiger partial charge in [0.25, 0.3) is 0 Å². The van der Waals surface area contributed by atoms with E-state index in [0.29, 0.717) is 6.04 Å². The van der Waals surface area contributed by atoms with Crippen LogP contribution in [0, 0.1) is 5.92 Å². The minimum absolute atomic E-state index is 0.425. The average Bonchev–Trinajstić information content (AvgIpc) is 3.13. The van der Waals surface area contributed by atoms with E-state index in [2.05, 4.69) is 23.8 Å². The van der Waals surface area contributed by atoms with Crippen LogP contribution in [0.5, 0.6) is 0 Å². The van der Waals surface area contributed by atoms with Gasteiger partial charge in [-0.2, -0.15) is 0 Å². The number of nitrogens with zero attached hydrogens (tertiary/aromatic N) is 2. The second kappa shape index (κ2) is 5.48. The summed E-state index contributed by atoms with van der Waals surface area (Å²) >= 11 is 0. The van der Waals surface area contributed by atoms with E-state index in [-0.39, 0.29) is 0 Å². The van der Waals surface area contributed by atoms with Crippen LogP contribution in [0.15, 0.2) is 0 Å². The van der Waals surface area contributed by atoms with Crippen LogP contribution in [0.1, 0.15) is 32.6 Å². The lowest BCUT2D eigenvalue weighted by molar-refractivity contribution is 0.125. The normalized spacial score (nSPS) is 26.2. The summed E-state index contributed by atoms with van der Waals surface area (Å²) in [6.45, 7) is 7.10. The largest absolute Gasteiger partial charge is 0.326 e. The van der Waals surface area contributed by atoms with Gasteiger partial charge in [0.05, 0.1) is 0 Å². The summed E-state index contributed by atoms with van der Waals surface area (Å²) in [6.07, 6.45) is 5.37. The third-order valence-electron chi connectivity index (χ3n) is 4.35. The molecule has 1 atom stereocenters. The van der Waals surface area contributed by atoms with E-state index in [4.69, 9.17) is 5.73 Å². The average molecular weight is 225 g/mol. The molecule has 0 amide bonds. The first-order chi connectivity index (χ1) is 7.70. The molecule has 0 aromatic heterocycles. The van der Waals surface area contributed by atoms with Gasteiger partial charge in [-0.25, -0.2) is 0 Å². The maximum absolute atomic E-state index is 6.19. The summed E-state index contributed by atoms with van der Waals surface area (Å²) in [6, 6.07) is 1.20. The molecule has 94 valence electrons. The zero-order valence-corrected chi connectivity index (χ0v) is 10.9. The summed E-state index contributed by atoms with van der Waals surface area (Å²) in [5, 5.41) is 0. The Morgan fingerprint density at radius 1 is 1.25 bits per heavy atom. The van der Waals surface area contributed by atoms with Gasteiger partial charge in [-0.05, 0) is 58.3 Å². The van der Waals surface area contributed by atoms with E-state index < -0.39 is 0 Å². The van der Waals surface area contributed by atoms with Crippen molar-refractivity contribution in [2.24, 2.45) is 11.7 Å². The zero-order chi connectivity index (χ0) is 11.5. The van der Waals surface area contributed by atoms with Crippen LogP contribution < -0.4 is 5.73 Å². The number of likely N-dealkylation sites (tertiary alicyclic amines) is 1. The molecule has 1 aliphatic heterocycles. The molecule has 2 rings (SSSR count). The van der Waals surface area contributed by atoms with Crippen molar-refractivity contribution < 1.29 is 0 Å². The van der Waals surface area contributed by atoms with Crippen LogP contribution in [0.25, 0.3) is 0 Å². The van der Waals surface area contributed by atoms with E-state index in [1.165, 1.54) is 45.3 Å². The van der Waals surface area contributed by atoms with Crippen LogP contribution in [0.2, 0.25) is 0 Å². The first-order valence-electron chi connectivity index (χ1n) is 6.89. The first-order valence-corrected chi connectivity index (χ1v) is 6.89. The number of nitrogens with two attached hydrogens (primary N) is 1. The monoisotopic (exact) mass is 225 g/mol. The zero-order valence-electron chi connectivity index (χ0n) is 10.9. The fourth-order valence-corrected chi connectivity index (χ4v) is 2.83. The molecule has 1 saturated heterocycles. The van der Waals surface area contributed by atoms with Crippen LogP contribution in [-0.4, -0.2) is 55.1 Å². The molecule has 3 nitrogen and oxygen atoms in total. The number of hydrogen-bond acceptors (Lipinski definition) is 3. The lowest BCUT2D eigenvalue weighted by atomic mass is 10.0. The van der Waals surface area contributed by atoms with Gasteiger partial charge in [0.2, 0.25) is 0 Å². The SMILES string of the molecule is CCN1CCC(N(C)CC(N)C2CC2)CC1. The lowest BCUT2D eigenvalue weighted by Gasteiger charge is -2.37. The lowest BCUT2D eigenvalue weighted by Crippen LogP contribution is -2.47. The van der Waals surface area contributed by atoms with E-state index in [1.54, 1.807) is 0 Å². The molecule has 1 aliphatic carbocycles. The van der Waals surface area contributed by atoms with Crippen molar-refractivity contribution in [2.45, 2.75) is 44.7 Å².